The van der Waals surface area contributed by atoms with Gasteiger partial charge in [-0.15, -0.1) is 11.3 Å². The molecule has 0 saturated carbocycles. The topological polar surface area (TPSA) is 64.7 Å². The predicted molar refractivity (Wildman–Crippen MR) is 92.6 cm³/mol. The SMILES string of the molecule is CNC(=O)CN1CCC(NC(=O)N(C)[C@H](C)c2cccs2)CC1. The number of hydrogen-bond acceptors (Lipinski definition) is 4. The van der Waals surface area contributed by atoms with Gasteiger partial charge in [-0.25, -0.2) is 4.79 Å². The minimum atomic E-state index is -0.0318. The molecule has 2 heterocycles. The summed E-state index contributed by atoms with van der Waals surface area (Å²) in [5.74, 6) is 0.0389. The fourth-order valence-electron chi connectivity index (χ4n) is 2.69. The van der Waals surface area contributed by atoms with Crippen molar-refractivity contribution >= 4 is 23.3 Å². The quantitative estimate of drug-likeness (QED) is 0.858. The van der Waals surface area contributed by atoms with E-state index in [1.54, 1.807) is 23.3 Å². The summed E-state index contributed by atoms with van der Waals surface area (Å²) in [7, 11) is 3.49. The maximum atomic E-state index is 12.4. The average molecular weight is 338 g/mol. The zero-order chi connectivity index (χ0) is 16.8. The Morgan fingerprint density at radius 3 is 2.70 bits per heavy atom. The fraction of sp³-hybridized carbons (Fsp3) is 0.625. The lowest BCUT2D eigenvalue weighted by Gasteiger charge is -2.33. The molecule has 1 saturated heterocycles. The van der Waals surface area contributed by atoms with Crippen LogP contribution in [-0.4, -0.2) is 61.5 Å². The van der Waals surface area contributed by atoms with E-state index in [1.807, 2.05) is 25.4 Å². The summed E-state index contributed by atoms with van der Waals surface area (Å²) in [6, 6.07) is 4.28. The summed E-state index contributed by atoms with van der Waals surface area (Å²) in [5.41, 5.74) is 0. The van der Waals surface area contributed by atoms with Gasteiger partial charge in [0.1, 0.15) is 0 Å². The predicted octanol–water partition coefficient (Wildman–Crippen LogP) is 1.66. The Labute approximate surface area is 141 Å². The number of likely N-dealkylation sites (N-methyl/N-ethyl adjacent to an activating group) is 1. The van der Waals surface area contributed by atoms with E-state index in [0.29, 0.717) is 6.54 Å². The molecule has 128 valence electrons. The maximum Gasteiger partial charge on any atom is 0.317 e. The van der Waals surface area contributed by atoms with E-state index in [-0.39, 0.29) is 24.0 Å². The van der Waals surface area contributed by atoms with Gasteiger partial charge < -0.3 is 15.5 Å². The van der Waals surface area contributed by atoms with Crippen molar-refractivity contribution < 1.29 is 9.59 Å². The van der Waals surface area contributed by atoms with Crippen LogP contribution in [0.25, 0.3) is 0 Å². The number of carbonyl (C=O) groups excluding carboxylic acids is 2. The van der Waals surface area contributed by atoms with Crippen molar-refractivity contribution in [2.75, 3.05) is 33.7 Å². The van der Waals surface area contributed by atoms with Crippen molar-refractivity contribution in [1.29, 1.82) is 0 Å². The van der Waals surface area contributed by atoms with Crippen LogP contribution in [0.5, 0.6) is 0 Å². The summed E-state index contributed by atoms with van der Waals surface area (Å²) in [4.78, 5) is 28.8. The molecule has 1 aliphatic rings. The van der Waals surface area contributed by atoms with Crippen LogP contribution in [0, 0.1) is 0 Å². The Bertz CT molecular complexity index is 512. The van der Waals surface area contributed by atoms with E-state index >= 15 is 0 Å². The molecule has 1 aromatic rings. The second-order valence-corrected chi connectivity index (χ2v) is 6.95. The van der Waals surface area contributed by atoms with Crippen LogP contribution in [0.3, 0.4) is 0 Å². The first-order valence-electron chi connectivity index (χ1n) is 8.01. The van der Waals surface area contributed by atoms with Gasteiger partial charge in [-0.2, -0.15) is 0 Å². The molecule has 0 aromatic carbocycles. The minimum absolute atomic E-state index is 0.0318. The third-order valence-electron chi connectivity index (χ3n) is 4.42. The standard InChI is InChI=1S/C16H26N4O2S/c1-12(14-5-4-10-23-14)19(3)16(22)18-13-6-8-20(9-7-13)11-15(21)17-2/h4-5,10,12-13H,6-9,11H2,1-3H3,(H,17,21)(H,18,22)/t12-/m1/s1. The van der Waals surface area contributed by atoms with Gasteiger partial charge >= 0.3 is 6.03 Å². The number of likely N-dealkylation sites (tertiary alicyclic amines) is 1. The lowest BCUT2D eigenvalue weighted by atomic mass is 10.1. The Kier molecular flexibility index (Phi) is 6.41. The van der Waals surface area contributed by atoms with Gasteiger partial charge in [0.2, 0.25) is 5.91 Å². The van der Waals surface area contributed by atoms with Crippen LogP contribution in [-0.2, 0) is 4.79 Å². The Morgan fingerprint density at radius 2 is 2.13 bits per heavy atom. The molecule has 1 fully saturated rings. The van der Waals surface area contributed by atoms with Crippen molar-refractivity contribution in [2.24, 2.45) is 0 Å². The van der Waals surface area contributed by atoms with Crippen molar-refractivity contribution in [2.45, 2.75) is 31.8 Å². The first-order valence-corrected chi connectivity index (χ1v) is 8.89. The molecular weight excluding hydrogens is 312 g/mol. The number of thiophene rings is 1. The molecule has 2 rings (SSSR count). The normalized spacial score (nSPS) is 17.5. The van der Waals surface area contributed by atoms with E-state index in [4.69, 9.17) is 0 Å². The smallest absolute Gasteiger partial charge is 0.317 e. The zero-order valence-corrected chi connectivity index (χ0v) is 14.9. The first-order chi connectivity index (χ1) is 11.0. The molecule has 1 aromatic heterocycles. The molecule has 1 atom stereocenters. The molecule has 23 heavy (non-hydrogen) atoms. The molecule has 0 radical (unpaired) electrons. The van der Waals surface area contributed by atoms with E-state index in [1.165, 1.54) is 4.88 Å². The molecule has 0 spiro atoms. The second-order valence-electron chi connectivity index (χ2n) is 5.98. The van der Waals surface area contributed by atoms with E-state index < -0.39 is 0 Å². The highest BCUT2D eigenvalue weighted by atomic mass is 32.1. The second kappa shape index (κ2) is 8.31. The molecule has 0 aliphatic carbocycles. The van der Waals surface area contributed by atoms with Crippen molar-refractivity contribution in [3.8, 4) is 0 Å². The average Bonchev–Trinajstić information content (AvgIpc) is 3.09. The van der Waals surface area contributed by atoms with Gasteiger partial charge in [0.05, 0.1) is 12.6 Å². The number of nitrogens with one attached hydrogen (secondary N) is 2. The van der Waals surface area contributed by atoms with Gasteiger partial charge in [0.15, 0.2) is 0 Å². The molecule has 1 aliphatic heterocycles. The molecule has 2 N–H and O–H groups in total. The lowest BCUT2D eigenvalue weighted by molar-refractivity contribution is -0.122. The monoisotopic (exact) mass is 338 g/mol. The summed E-state index contributed by atoms with van der Waals surface area (Å²) in [6.45, 7) is 4.15. The summed E-state index contributed by atoms with van der Waals surface area (Å²) in [6.07, 6.45) is 1.76. The fourth-order valence-corrected chi connectivity index (χ4v) is 3.52. The van der Waals surface area contributed by atoms with Crippen LogP contribution in [0.2, 0.25) is 0 Å². The largest absolute Gasteiger partial charge is 0.358 e. The van der Waals surface area contributed by atoms with Gasteiger partial charge in [-0.05, 0) is 31.2 Å². The number of urea groups is 1. The van der Waals surface area contributed by atoms with E-state index in [2.05, 4.69) is 21.6 Å². The van der Waals surface area contributed by atoms with Crippen LogP contribution in [0.1, 0.15) is 30.7 Å². The van der Waals surface area contributed by atoms with Crippen molar-refractivity contribution in [3.63, 3.8) is 0 Å². The van der Waals surface area contributed by atoms with Crippen LogP contribution >= 0.6 is 11.3 Å². The van der Waals surface area contributed by atoms with Gasteiger partial charge in [-0.3, -0.25) is 9.69 Å². The Hall–Kier alpha value is -1.60. The third kappa shape index (κ3) is 4.94. The molecular formula is C16H26N4O2S. The maximum absolute atomic E-state index is 12.4. The summed E-state index contributed by atoms with van der Waals surface area (Å²) in [5, 5.41) is 7.78. The van der Waals surface area contributed by atoms with E-state index in [9.17, 15) is 9.59 Å². The van der Waals surface area contributed by atoms with Crippen LogP contribution in [0.15, 0.2) is 17.5 Å². The van der Waals surface area contributed by atoms with E-state index in [0.717, 1.165) is 25.9 Å². The summed E-state index contributed by atoms with van der Waals surface area (Å²) >= 11 is 1.66. The van der Waals surface area contributed by atoms with Gasteiger partial charge in [0.25, 0.3) is 0 Å². The summed E-state index contributed by atoms with van der Waals surface area (Å²) < 4.78 is 0. The minimum Gasteiger partial charge on any atom is -0.358 e. The molecule has 0 bridgehead atoms. The lowest BCUT2D eigenvalue weighted by Crippen LogP contribution is -2.50. The van der Waals surface area contributed by atoms with Crippen LogP contribution in [0.4, 0.5) is 4.79 Å². The van der Waals surface area contributed by atoms with Gasteiger partial charge in [-0.1, -0.05) is 6.07 Å². The number of amides is 3. The van der Waals surface area contributed by atoms with Crippen molar-refractivity contribution in [3.05, 3.63) is 22.4 Å². The number of carbonyl (C=O) groups is 2. The Morgan fingerprint density at radius 1 is 1.43 bits per heavy atom. The van der Waals surface area contributed by atoms with Crippen molar-refractivity contribution in [1.82, 2.24) is 20.4 Å². The first kappa shape index (κ1) is 17.7. The molecule has 7 heteroatoms. The van der Waals surface area contributed by atoms with Crippen LogP contribution < -0.4 is 10.6 Å². The number of hydrogen-bond donors (Lipinski definition) is 2. The zero-order valence-electron chi connectivity index (χ0n) is 14.0. The van der Waals surface area contributed by atoms with Gasteiger partial charge in [0, 0.05) is 38.1 Å². The Balaban J connectivity index is 1.77. The molecule has 6 nitrogen and oxygen atoms in total. The number of piperidine rings is 1. The highest BCUT2D eigenvalue weighted by Crippen LogP contribution is 2.23. The highest BCUT2D eigenvalue weighted by Gasteiger charge is 2.24. The number of rotatable bonds is 5. The highest BCUT2D eigenvalue weighted by molar-refractivity contribution is 7.10. The third-order valence-corrected chi connectivity index (χ3v) is 5.46. The number of nitrogens with zero attached hydrogens (tertiary/aromatic N) is 2. The molecule has 3 amide bonds. The molecule has 0 unspecified atom stereocenters.